The van der Waals surface area contributed by atoms with Crippen LogP contribution in [0.25, 0.3) is 22.3 Å². The van der Waals surface area contributed by atoms with E-state index in [1.807, 2.05) is 0 Å². The summed E-state index contributed by atoms with van der Waals surface area (Å²) in [6, 6.07) is 9.13. The molecule has 4 aromatic rings. The number of alkyl halides is 2. The third-order valence-corrected chi connectivity index (χ3v) is 7.94. The van der Waals surface area contributed by atoms with Crippen molar-refractivity contribution in [3.8, 4) is 28.0 Å². The summed E-state index contributed by atoms with van der Waals surface area (Å²) < 4.78 is 133. The van der Waals surface area contributed by atoms with Crippen molar-refractivity contribution in [3.63, 3.8) is 0 Å². The second kappa shape index (κ2) is 14.0. The molecule has 0 aromatic heterocycles. The molecule has 0 saturated carbocycles. The van der Waals surface area contributed by atoms with Crippen molar-refractivity contribution in [2.75, 3.05) is 13.2 Å². The van der Waals surface area contributed by atoms with Gasteiger partial charge in [0.1, 0.15) is 51.2 Å². The molecule has 0 aliphatic carbocycles. The van der Waals surface area contributed by atoms with Gasteiger partial charge in [-0.3, -0.25) is 0 Å². The summed E-state index contributed by atoms with van der Waals surface area (Å²) in [5, 5.41) is -0.986. The van der Waals surface area contributed by atoms with Gasteiger partial charge in [0.2, 0.25) is 0 Å². The third kappa shape index (κ3) is 7.32. The molecular weight excluding hydrogens is 644 g/mol. The number of unbranched alkanes of at least 4 members (excludes halogenated alkanes) is 2. The monoisotopic (exact) mass is 670 g/mol. The van der Waals surface area contributed by atoms with Crippen LogP contribution in [0.5, 0.6) is 5.75 Å². The molecule has 0 spiro atoms. The molecule has 3 nitrogen and oxygen atoms in total. The fourth-order valence-corrected chi connectivity index (χ4v) is 5.32. The highest BCUT2D eigenvalue weighted by Gasteiger charge is 2.41. The van der Waals surface area contributed by atoms with E-state index in [1.165, 1.54) is 18.2 Å². The molecule has 1 aliphatic heterocycles. The van der Waals surface area contributed by atoms with E-state index >= 15 is 8.78 Å². The molecule has 46 heavy (non-hydrogen) atoms. The minimum absolute atomic E-state index is 0.0297. The van der Waals surface area contributed by atoms with Crippen LogP contribution in [0.3, 0.4) is 0 Å². The van der Waals surface area contributed by atoms with Crippen LogP contribution in [0.2, 0.25) is 5.02 Å². The minimum Gasteiger partial charge on any atom is -0.429 e. The van der Waals surface area contributed by atoms with Crippen LogP contribution in [0.4, 0.5) is 35.1 Å². The minimum atomic E-state index is -4.73. The van der Waals surface area contributed by atoms with Crippen LogP contribution in [0.15, 0.2) is 60.7 Å². The lowest BCUT2D eigenvalue weighted by Crippen LogP contribution is -2.27. The van der Waals surface area contributed by atoms with Crippen LogP contribution in [0.1, 0.15) is 50.0 Å². The molecule has 1 heterocycles. The fourth-order valence-electron chi connectivity index (χ4n) is 5.21. The van der Waals surface area contributed by atoms with E-state index < -0.39 is 69.2 Å². The molecule has 244 valence electrons. The summed E-state index contributed by atoms with van der Waals surface area (Å²) >= 11 is 5.31. The molecule has 0 atom stereocenters. The smallest absolute Gasteiger partial charge is 0.429 e. The first-order valence-electron chi connectivity index (χ1n) is 14.4. The van der Waals surface area contributed by atoms with Crippen LogP contribution in [0, 0.1) is 40.8 Å². The zero-order chi connectivity index (χ0) is 33.2. The van der Waals surface area contributed by atoms with Gasteiger partial charge in [-0.05, 0) is 41.8 Å². The number of halogens is 9. The van der Waals surface area contributed by atoms with Crippen LogP contribution >= 0.6 is 11.6 Å². The second-order valence-corrected chi connectivity index (χ2v) is 11.3. The Kier molecular flexibility index (Phi) is 10.2. The lowest BCUT2D eigenvalue weighted by atomic mass is 9.97. The van der Waals surface area contributed by atoms with Gasteiger partial charge in [-0.1, -0.05) is 62.1 Å². The zero-order valence-corrected chi connectivity index (χ0v) is 25.1. The molecule has 0 amide bonds. The van der Waals surface area contributed by atoms with Crippen molar-refractivity contribution in [2.24, 2.45) is 5.92 Å². The number of hydrogen-bond acceptors (Lipinski definition) is 3. The first kappa shape index (κ1) is 33.7. The normalized spacial score (nSPS) is 16.9. The molecule has 0 N–H and O–H groups in total. The Morgan fingerprint density at radius 1 is 0.717 bits per heavy atom. The van der Waals surface area contributed by atoms with Crippen molar-refractivity contribution in [1.82, 2.24) is 0 Å². The summed E-state index contributed by atoms with van der Waals surface area (Å²) in [6.45, 7) is 3.09. The van der Waals surface area contributed by atoms with E-state index in [0.29, 0.717) is 43.0 Å². The molecule has 0 radical (unpaired) electrons. The van der Waals surface area contributed by atoms with Gasteiger partial charge in [-0.25, -0.2) is 26.3 Å². The number of benzene rings is 4. The largest absolute Gasteiger partial charge is 0.432 e. The lowest BCUT2D eigenvalue weighted by Gasteiger charge is -2.29. The van der Waals surface area contributed by atoms with Gasteiger partial charge in [0.25, 0.3) is 0 Å². The van der Waals surface area contributed by atoms with Crippen molar-refractivity contribution in [3.05, 3.63) is 112 Å². The number of rotatable bonds is 10. The van der Waals surface area contributed by atoms with Crippen molar-refractivity contribution in [2.45, 2.75) is 45.0 Å². The quantitative estimate of drug-likeness (QED) is 0.0955. The lowest BCUT2D eigenvalue weighted by molar-refractivity contribution is -0.206. The van der Waals surface area contributed by atoms with Gasteiger partial charge in [0.15, 0.2) is 6.29 Å². The Morgan fingerprint density at radius 3 is 1.87 bits per heavy atom. The van der Waals surface area contributed by atoms with Crippen molar-refractivity contribution in [1.29, 1.82) is 0 Å². The molecule has 0 bridgehead atoms. The van der Waals surface area contributed by atoms with Crippen LogP contribution in [-0.2, 0) is 15.6 Å². The first-order chi connectivity index (χ1) is 21.9. The van der Waals surface area contributed by atoms with Crippen LogP contribution in [-0.4, -0.2) is 13.2 Å². The highest BCUT2D eigenvalue weighted by atomic mass is 35.5. The molecule has 4 aromatic carbocycles. The predicted octanol–water partition coefficient (Wildman–Crippen LogP) is 10.9. The highest BCUT2D eigenvalue weighted by Crippen LogP contribution is 2.39. The zero-order valence-electron chi connectivity index (χ0n) is 24.3. The molecule has 5 rings (SSSR count). The predicted molar refractivity (Wildman–Crippen MR) is 155 cm³/mol. The van der Waals surface area contributed by atoms with Gasteiger partial charge in [0.05, 0.1) is 13.2 Å². The fraction of sp³-hybridized carbons (Fsp3) is 0.294. The van der Waals surface area contributed by atoms with Crippen molar-refractivity contribution >= 4 is 11.6 Å². The maximum absolute atomic E-state index is 15.2. The van der Waals surface area contributed by atoms with E-state index in [0.717, 1.165) is 37.8 Å². The van der Waals surface area contributed by atoms with Gasteiger partial charge in [-0.2, -0.15) is 8.78 Å². The average Bonchev–Trinajstić information content (AvgIpc) is 2.99. The van der Waals surface area contributed by atoms with Gasteiger partial charge in [-0.15, -0.1) is 0 Å². The maximum Gasteiger partial charge on any atom is 0.432 e. The van der Waals surface area contributed by atoms with E-state index in [9.17, 15) is 26.3 Å². The van der Waals surface area contributed by atoms with Crippen molar-refractivity contribution < 1.29 is 49.3 Å². The number of hydrogen-bond donors (Lipinski definition) is 0. The van der Waals surface area contributed by atoms with E-state index in [4.69, 9.17) is 21.1 Å². The highest BCUT2D eigenvalue weighted by molar-refractivity contribution is 6.30. The summed E-state index contributed by atoms with van der Waals surface area (Å²) in [7, 11) is 0. The third-order valence-electron chi connectivity index (χ3n) is 7.58. The number of ether oxygens (including phenoxy) is 3. The Labute approximate surface area is 264 Å². The topological polar surface area (TPSA) is 27.7 Å². The first-order valence-corrected chi connectivity index (χ1v) is 14.8. The van der Waals surface area contributed by atoms with Crippen LogP contribution < -0.4 is 4.74 Å². The molecule has 0 unspecified atom stereocenters. The van der Waals surface area contributed by atoms with Gasteiger partial charge >= 0.3 is 6.11 Å². The summed E-state index contributed by atoms with van der Waals surface area (Å²) in [5.41, 5.74) is -2.10. The standard InChI is InChI=1S/C34H27ClF8O3/c1-2-3-4-5-18-16-44-33(45-17-18)20-7-9-23(26(37)11-20)19-6-8-24(25(36)10-19)21-12-27(38)31(28(39)13-21)34(42,43)46-22-14-29(40)32(35)30(41)15-22/h6-15,18,33H,2-5,16-17H2,1H3. The second-order valence-electron chi connectivity index (χ2n) is 10.9. The molecule has 1 saturated heterocycles. The Balaban J connectivity index is 1.32. The van der Waals surface area contributed by atoms with Gasteiger partial charge in [0, 0.05) is 34.7 Å². The molecular formula is C34H27ClF8O3. The molecule has 12 heteroatoms. The summed E-state index contributed by atoms with van der Waals surface area (Å²) in [6.07, 6.45) is -1.18. The average molecular weight is 671 g/mol. The Bertz CT molecular complexity index is 1680. The molecule has 1 aliphatic rings. The Morgan fingerprint density at radius 2 is 1.28 bits per heavy atom. The van der Waals surface area contributed by atoms with E-state index in [1.54, 1.807) is 6.07 Å². The maximum atomic E-state index is 15.2. The summed E-state index contributed by atoms with van der Waals surface area (Å²) in [4.78, 5) is 0. The van der Waals surface area contributed by atoms with E-state index in [2.05, 4.69) is 11.7 Å². The SMILES string of the molecule is CCCCCC1COC(c2ccc(-c3ccc(-c4cc(F)c(C(F)(F)Oc5cc(F)c(Cl)c(F)c5)c(F)c4)c(F)c3)c(F)c2)OC1. The molecule has 1 fully saturated rings. The summed E-state index contributed by atoms with van der Waals surface area (Å²) in [5.74, 6) is -9.03. The Hall–Kier alpha value is -3.67. The van der Waals surface area contributed by atoms with Gasteiger partial charge < -0.3 is 14.2 Å². The van der Waals surface area contributed by atoms with E-state index in [-0.39, 0.29) is 22.6 Å².